The van der Waals surface area contributed by atoms with Gasteiger partial charge in [-0.05, 0) is 66.9 Å². The molecule has 152 valence electrons. The molecule has 6 nitrogen and oxygen atoms in total. The molecule has 0 amide bonds. The lowest BCUT2D eigenvalue weighted by Gasteiger charge is -2.09. The van der Waals surface area contributed by atoms with Crippen molar-refractivity contribution in [2.45, 2.75) is 26.2 Å². The van der Waals surface area contributed by atoms with Crippen LogP contribution in [0.3, 0.4) is 0 Å². The van der Waals surface area contributed by atoms with Crippen LogP contribution in [0.4, 0.5) is 0 Å². The Kier molecular flexibility index (Phi) is 7.69. The molecule has 0 bridgehead atoms. The van der Waals surface area contributed by atoms with Gasteiger partial charge in [0.1, 0.15) is 11.5 Å². The topological polar surface area (TPSA) is 73.4 Å². The van der Waals surface area contributed by atoms with Gasteiger partial charge in [-0.3, -0.25) is 9.89 Å². The molecule has 1 aromatic heterocycles. The third-order valence-electron chi connectivity index (χ3n) is 4.31. The van der Waals surface area contributed by atoms with Crippen molar-refractivity contribution in [1.29, 1.82) is 0 Å². The third kappa shape index (κ3) is 6.68. The third-order valence-corrected chi connectivity index (χ3v) is 4.31. The van der Waals surface area contributed by atoms with E-state index in [4.69, 9.17) is 14.2 Å². The zero-order valence-corrected chi connectivity index (χ0v) is 16.6. The van der Waals surface area contributed by atoms with Gasteiger partial charge in [0.05, 0.1) is 25.5 Å². The van der Waals surface area contributed by atoms with Crippen molar-refractivity contribution in [2.24, 2.45) is 0 Å². The molecule has 0 saturated heterocycles. The van der Waals surface area contributed by atoms with E-state index in [1.165, 1.54) is 0 Å². The summed E-state index contributed by atoms with van der Waals surface area (Å²) in [6, 6.07) is 17.6. The van der Waals surface area contributed by atoms with E-state index in [-0.39, 0.29) is 5.97 Å². The zero-order chi connectivity index (χ0) is 20.3. The summed E-state index contributed by atoms with van der Waals surface area (Å²) in [6.07, 6.45) is 3.53. The molecule has 6 heteroatoms. The van der Waals surface area contributed by atoms with Crippen LogP contribution in [0.2, 0.25) is 0 Å². The minimum absolute atomic E-state index is 0.173. The Morgan fingerprint density at radius 1 is 1.00 bits per heavy atom. The van der Waals surface area contributed by atoms with Gasteiger partial charge in [-0.1, -0.05) is 12.1 Å². The maximum atomic E-state index is 11.5. The summed E-state index contributed by atoms with van der Waals surface area (Å²) >= 11 is 0. The van der Waals surface area contributed by atoms with E-state index in [2.05, 4.69) is 10.2 Å². The summed E-state index contributed by atoms with van der Waals surface area (Å²) in [4.78, 5) is 11.5. The second-order valence-electron chi connectivity index (χ2n) is 6.50. The average Bonchev–Trinajstić information content (AvgIpc) is 3.28. The minimum Gasteiger partial charge on any atom is -0.493 e. The van der Waals surface area contributed by atoms with Gasteiger partial charge in [-0.2, -0.15) is 5.10 Å². The van der Waals surface area contributed by atoms with Crippen LogP contribution in [0.5, 0.6) is 11.5 Å². The summed E-state index contributed by atoms with van der Waals surface area (Å²) in [5, 5.41) is 6.90. The van der Waals surface area contributed by atoms with Crippen LogP contribution < -0.4 is 9.47 Å². The smallest absolute Gasteiger partial charge is 0.306 e. The normalized spacial score (nSPS) is 10.5. The summed E-state index contributed by atoms with van der Waals surface area (Å²) in [5.74, 6) is 1.46. The first kappa shape index (κ1) is 20.5. The number of carbonyl (C=O) groups excluding carboxylic acids is 1. The zero-order valence-electron chi connectivity index (χ0n) is 16.6. The first-order chi connectivity index (χ1) is 14.2. The summed E-state index contributed by atoms with van der Waals surface area (Å²) < 4.78 is 16.5. The molecule has 0 spiro atoms. The van der Waals surface area contributed by atoms with Crippen molar-refractivity contribution in [1.82, 2.24) is 10.2 Å². The number of hydrogen-bond donors (Lipinski definition) is 1. The lowest BCUT2D eigenvalue weighted by Crippen LogP contribution is -2.06. The summed E-state index contributed by atoms with van der Waals surface area (Å²) in [7, 11) is 0. The number of benzene rings is 2. The Bertz CT molecular complexity index is 876. The van der Waals surface area contributed by atoms with Crippen LogP contribution in [0.15, 0.2) is 60.8 Å². The van der Waals surface area contributed by atoms with Crippen LogP contribution in [-0.2, 0) is 16.0 Å². The van der Waals surface area contributed by atoms with Gasteiger partial charge in [0.2, 0.25) is 0 Å². The van der Waals surface area contributed by atoms with E-state index in [1.54, 1.807) is 6.20 Å². The fraction of sp³-hybridized carbons (Fsp3) is 0.304. The number of nitrogens with zero attached hydrogens (tertiary/aromatic N) is 1. The highest BCUT2D eigenvalue weighted by atomic mass is 16.5. The van der Waals surface area contributed by atoms with Crippen LogP contribution in [0.25, 0.3) is 11.3 Å². The van der Waals surface area contributed by atoms with E-state index >= 15 is 0 Å². The van der Waals surface area contributed by atoms with Crippen molar-refractivity contribution in [3.8, 4) is 22.8 Å². The first-order valence-electron chi connectivity index (χ1n) is 9.84. The van der Waals surface area contributed by atoms with Crippen LogP contribution in [0.1, 0.15) is 25.3 Å². The van der Waals surface area contributed by atoms with Crippen LogP contribution in [-0.4, -0.2) is 36.0 Å². The number of nitrogens with one attached hydrogen (secondary N) is 1. The molecule has 0 aliphatic heterocycles. The lowest BCUT2D eigenvalue weighted by atomic mass is 10.1. The molecule has 1 heterocycles. The Hall–Kier alpha value is -3.28. The summed E-state index contributed by atoms with van der Waals surface area (Å²) in [6.45, 7) is 3.37. The van der Waals surface area contributed by atoms with Gasteiger partial charge < -0.3 is 14.2 Å². The molecule has 0 atom stereocenters. The van der Waals surface area contributed by atoms with Gasteiger partial charge in [0.15, 0.2) is 0 Å². The number of aromatic nitrogens is 2. The van der Waals surface area contributed by atoms with Crippen molar-refractivity contribution in [3.05, 3.63) is 66.4 Å². The lowest BCUT2D eigenvalue weighted by molar-refractivity contribution is -0.143. The largest absolute Gasteiger partial charge is 0.493 e. The molecule has 3 rings (SSSR count). The van der Waals surface area contributed by atoms with E-state index in [1.807, 2.05) is 61.5 Å². The Morgan fingerprint density at radius 2 is 1.79 bits per heavy atom. The Labute approximate surface area is 170 Å². The molecular formula is C23H26N2O4. The van der Waals surface area contributed by atoms with Crippen molar-refractivity contribution in [2.75, 3.05) is 19.8 Å². The number of carbonyl (C=O) groups is 1. The predicted octanol–water partition coefficient (Wildman–Crippen LogP) is 4.42. The van der Waals surface area contributed by atoms with Crippen LogP contribution >= 0.6 is 0 Å². The SMILES string of the molecule is CCOC(=O)CCc1cccc(OCCCOc2ccc(-c3ccn[nH]3)cc2)c1. The number of ether oxygens (including phenoxy) is 3. The van der Waals surface area contributed by atoms with E-state index in [9.17, 15) is 4.79 Å². The highest BCUT2D eigenvalue weighted by Gasteiger charge is 2.04. The highest BCUT2D eigenvalue weighted by Crippen LogP contribution is 2.20. The molecule has 3 aromatic rings. The fourth-order valence-electron chi connectivity index (χ4n) is 2.86. The van der Waals surface area contributed by atoms with E-state index in [0.29, 0.717) is 32.7 Å². The molecule has 0 fully saturated rings. The first-order valence-corrected chi connectivity index (χ1v) is 9.84. The molecular weight excluding hydrogens is 368 g/mol. The van der Waals surface area contributed by atoms with E-state index < -0.39 is 0 Å². The van der Waals surface area contributed by atoms with Gasteiger partial charge in [0, 0.05) is 19.0 Å². The number of rotatable bonds is 11. The molecule has 0 aliphatic carbocycles. The van der Waals surface area contributed by atoms with E-state index in [0.717, 1.165) is 34.7 Å². The summed E-state index contributed by atoms with van der Waals surface area (Å²) in [5.41, 5.74) is 3.11. The minimum atomic E-state index is -0.173. The van der Waals surface area contributed by atoms with Gasteiger partial charge >= 0.3 is 5.97 Å². The molecule has 0 radical (unpaired) electrons. The maximum absolute atomic E-state index is 11.5. The second kappa shape index (κ2) is 10.9. The van der Waals surface area contributed by atoms with Crippen molar-refractivity contribution >= 4 is 5.97 Å². The molecule has 2 aromatic carbocycles. The number of hydrogen-bond acceptors (Lipinski definition) is 5. The molecule has 1 N–H and O–H groups in total. The number of aromatic amines is 1. The molecule has 0 aliphatic rings. The number of H-pyrrole nitrogens is 1. The number of aryl methyl sites for hydroxylation is 1. The standard InChI is InChI=1S/C23H26N2O4/c1-2-27-23(26)12-7-18-5-3-6-21(17-18)29-16-4-15-28-20-10-8-19(9-11-20)22-13-14-24-25-22/h3,5-6,8-11,13-14,17H,2,4,7,12,15-16H2,1H3,(H,24,25). The molecule has 0 unspecified atom stereocenters. The molecule has 29 heavy (non-hydrogen) atoms. The van der Waals surface area contributed by atoms with Gasteiger partial charge in [-0.15, -0.1) is 0 Å². The van der Waals surface area contributed by atoms with Crippen molar-refractivity contribution < 1.29 is 19.0 Å². The maximum Gasteiger partial charge on any atom is 0.306 e. The number of esters is 1. The average molecular weight is 394 g/mol. The second-order valence-corrected chi connectivity index (χ2v) is 6.50. The van der Waals surface area contributed by atoms with Crippen molar-refractivity contribution in [3.63, 3.8) is 0 Å². The predicted molar refractivity (Wildman–Crippen MR) is 111 cm³/mol. The quantitative estimate of drug-likeness (QED) is 0.385. The highest BCUT2D eigenvalue weighted by molar-refractivity contribution is 5.69. The van der Waals surface area contributed by atoms with Gasteiger partial charge in [0.25, 0.3) is 0 Å². The van der Waals surface area contributed by atoms with Gasteiger partial charge in [-0.25, -0.2) is 0 Å². The Balaban J connectivity index is 1.36. The van der Waals surface area contributed by atoms with Crippen LogP contribution in [0, 0.1) is 0 Å². The Morgan fingerprint density at radius 3 is 2.52 bits per heavy atom. The fourth-order valence-corrected chi connectivity index (χ4v) is 2.86. The molecule has 0 saturated carbocycles. The monoisotopic (exact) mass is 394 g/mol.